The molecule has 0 aliphatic carbocycles. The van der Waals surface area contributed by atoms with Crippen molar-refractivity contribution in [3.05, 3.63) is 18.0 Å². The Labute approximate surface area is 104 Å². The quantitative estimate of drug-likeness (QED) is 0.505. The molecule has 1 aromatic rings. The Hall–Kier alpha value is -2.09. The van der Waals surface area contributed by atoms with Crippen LogP contribution in [-0.4, -0.2) is 51.2 Å². The lowest BCUT2D eigenvalue weighted by Gasteiger charge is -2.12. The number of aromatic nitrogens is 2. The summed E-state index contributed by atoms with van der Waals surface area (Å²) in [7, 11) is 1.79. The molecule has 1 rings (SSSR count). The van der Waals surface area contributed by atoms with Crippen LogP contribution < -0.4 is 10.6 Å². The van der Waals surface area contributed by atoms with E-state index in [2.05, 4.69) is 15.7 Å². The highest BCUT2D eigenvalue weighted by Gasteiger charge is 2.18. The fourth-order valence-electron chi connectivity index (χ4n) is 1.30. The van der Waals surface area contributed by atoms with Gasteiger partial charge in [-0.25, -0.2) is 9.59 Å². The molecule has 0 fully saturated rings. The van der Waals surface area contributed by atoms with E-state index in [0.29, 0.717) is 13.0 Å². The second-order valence-corrected chi connectivity index (χ2v) is 3.70. The van der Waals surface area contributed by atoms with Crippen molar-refractivity contribution in [1.82, 2.24) is 20.4 Å². The molecule has 0 bridgehead atoms. The number of aliphatic hydroxyl groups excluding tert-OH is 1. The summed E-state index contributed by atoms with van der Waals surface area (Å²) in [6.07, 6.45) is 2.34. The number of carboxylic acid groups (broad SMARTS) is 1. The van der Waals surface area contributed by atoms with Gasteiger partial charge in [0.1, 0.15) is 0 Å². The van der Waals surface area contributed by atoms with Crippen LogP contribution >= 0.6 is 0 Å². The highest BCUT2D eigenvalue weighted by atomic mass is 16.4. The molecule has 0 aromatic carbocycles. The molecule has 0 unspecified atom stereocenters. The minimum Gasteiger partial charge on any atom is -0.480 e. The van der Waals surface area contributed by atoms with Gasteiger partial charge >= 0.3 is 12.0 Å². The van der Waals surface area contributed by atoms with Crippen LogP contribution in [0.2, 0.25) is 0 Å². The first-order valence-electron chi connectivity index (χ1n) is 5.39. The van der Waals surface area contributed by atoms with E-state index in [1.807, 2.05) is 6.07 Å². The van der Waals surface area contributed by atoms with Crippen LogP contribution in [-0.2, 0) is 18.3 Å². The van der Waals surface area contributed by atoms with Gasteiger partial charge in [-0.15, -0.1) is 0 Å². The average molecular weight is 256 g/mol. The summed E-state index contributed by atoms with van der Waals surface area (Å²) in [4.78, 5) is 21.8. The van der Waals surface area contributed by atoms with Gasteiger partial charge in [0.15, 0.2) is 6.04 Å². The molecule has 0 saturated carbocycles. The molecule has 100 valence electrons. The Kier molecular flexibility index (Phi) is 5.12. The molecular weight excluding hydrogens is 240 g/mol. The van der Waals surface area contributed by atoms with E-state index >= 15 is 0 Å². The van der Waals surface area contributed by atoms with Crippen molar-refractivity contribution < 1.29 is 19.8 Å². The molecule has 2 amide bonds. The molecule has 1 atom stereocenters. The van der Waals surface area contributed by atoms with Gasteiger partial charge in [-0.2, -0.15) is 5.10 Å². The number of aliphatic carboxylic acids is 1. The number of nitrogens with zero attached hydrogens (tertiary/aromatic N) is 2. The van der Waals surface area contributed by atoms with Crippen LogP contribution in [0.25, 0.3) is 0 Å². The number of rotatable bonds is 6. The number of carbonyl (C=O) groups is 2. The largest absolute Gasteiger partial charge is 0.480 e. The van der Waals surface area contributed by atoms with E-state index in [-0.39, 0.29) is 0 Å². The Balaban J connectivity index is 2.26. The van der Waals surface area contributed by atoms with Crippen molar-refractivity contribution in [3.8, 4) is 0 Å². The van der Waals surface area contributed by atoms with Crippen molar-refractivity contribution in [3.63, 3.8) is 0 Å². The first-order valence-corrected chi connectivity index (χ1v) is 5.39. The maximum absolute atomic E-state index is 11.3. The van der Waals surface area contributed by atoms with Crippen LogP contribution in [0.3, 0.4) is 0 Å². The van der Waals surface area contributed by atoms with E-state index in [4.69, 9.17) is 10.2 Å². The van der Waals surface area contributed by atoms with Crippen molar-refractivity contribution in [2.24, 2.45) is 7.05 Å². The SMILES string of the molecule is Cn1ccc(CCNC(=O)N[C@H](CO)C(=O)O)n1. The second kappa shape index (κ2) is 6.60. The molecule has 4 N–H and O–H groups in total. The number of carbonyl (C=O) groups excluding carboxylic acids is 1. The zero-order chi connectivity index (χ0) is 13.5. The van der Waals surface area contributed by atoms with Crippen LogP contribution in [0.5, 0.6) is 0 Å². The van der Waals surface area contributed by atoms with Crippen molar-refractivity contribution >= 4 is 12.0 Å². The number of amides is 2. The predicted octanol–water partition coefficient (Wildman–Crippen LogP) is -1.29. The number of hydrogen-bond acceptors (Lipinski definition) is 4. The number of carboxylic acids is 1. The lowest BCUT2D eigenvalue weighted by molar-refractivity contribution is -0.140. The first-order chi connectivity index (χ1) is 8.52. The normalized spacial score (nSPS) is 11.9. The van der Waals surface area contributed by atoms with E-state index in [1.54, 1.807) is 17.9 Å². The lowest BCUT2D eigenvalue weighted by Crippen LogP contribution is -2.48. The van der Waals surface area contributed by atoms with Gasteiger partial charge < -0.3 is 20.8 Å². The summed E-state index contributed by atoms with van der Waals surface area (Å²) in [5, 5.41) is 26.1. The molecule has 0 radical (unpaired) electrons. The monoisotopic (exact) mass is 256 g/mol. The van der Waals surface area contributed by atoms with Crippen molar-refractivity contribution in [2.75, 3.05) is 13.2 Å². The van der Waals surface area contributed by atoms with Gasteiger partial charge in [-0.05, 0) is 6.07 Å². The smallest absolute Gasteiger partial charge is 0.328 e. The zero-order valence-corrected chi connectivity index (χ0v) is 9.96. The number of aryl methyl sites for hydroxylation is 1. The summed E-state index contributed by atoms with van der Waals surface area (Å²) >= 11 is 0. The highest BCUT2D eigenvalue weighted by Crippen LogP contribution is 1.93. The maximum Gasteiger partial charge on any atom is 0.328 e. The number of nitrogens with one attached hydrogen (secondary N) is 2. The Morgan fingerprint density at radius 2 is 2.28 bits per heavy atom. The van der Waals surface area contributed by atoms with Gasteiger partial charge in [0.05, 0.1) is 12.3 Å². The van der Waals surface area contributed by atoms with Gasteiger partial charge in [0.25, 0.3) is 0 Å². The third kappa shape index (κ3) is 4.42. The molecular formula is C10H16N4O4. The van der Waals surface area contributed by atoms with Crippen LogP contribution in [0, 0.1) is 0 Å². The third-order valence-corrected chi connectivity index (χ3v) is 2.22. The van der Waals surface area contributed by atoms with E-state index in [1.165, 1.54) is 0 Å². The first kappa shape index (κ1) is 14.0. The minimum atomic E-state index is -1.29. The minimum absolute atomic E-state index is 0.334. The summed E-state index contributed by atoms with van der Waals surface area (Å²) < 4.78 is 1.65. The summed E-state index contributed by atoms with van der Waals surface area (Å²) in [6, 6.07) is -0.0971. The van der Waals surface area contributed by atoms with E-state index < -0.39 is 24.6 Å². The van der Waals surface area contributed by atoms with E-state index in [0.717, 1.165) is 5.69 Å². The van der Waals surface area contributed by atoms with Gasteiger partial charge in [0, 0.05) is 26.2 Å². The zero-order valence-electron chi connectivity index (χ0n) is 9.96. The van der Waals surface area contributed by atoms with Crippen LogP contribution in [0.1, 0.15) is 5.69 Å². The summed E-state index contributed by atoms with van der Waals surface area (Å²) in [5.41, 5.74) is 0.828. The average Bonchev–Trinajstić information content (AvgIpc) is 2.71. The molecule has 1 heterocycles. The molecule has 8 heteroatoms. The molecule has 0 aliphatic rings. The Morgan fingerprint density at radius 3 is 2.78 bits per heavy atom. The van der Waals surface area contributed by atoms with Crippen molar-refractivity contribution in [1.29, 1.82) is 0 Å². The molecule has 0 aliphatic heterocycles. The second-order valence-electron chi connectivity index (χ2n) is 3.70. The molecule has 0 spiro atoms. The lowest BCUT2D eigenvalue weighted by atomic mass is 10.3. The topological polar surface area (TPSA) is 116 Å². The standard InChI is InChI=1S/C10H16N4O4/c1-14-5-3-7(13-14)2-4-11-10(18)12-8(6-15)9(16)17/h3,5,8,15H,2,4,6H2,1H3,(H,16,17)(H2,11,12,18)/t8-/m1/s1. The Bertz CT molecular complexity index is 418. The van der Waals surface area contributed by atoms with Crippen LogP contribution in [0.4, 0.5) is 4.79 Å². The summed E-state index contributed by atoms with van der Waals surface area (Å²) in [5.74, 6) is -1.28. The van der Waals surface area contributed by atoms with Crippen LogP contribution in [0.15, 0.2) is 12.3 Å². The van der Waals surface area contributed by atoms with Gasteiger partial charge in [0.2, 0.25) is 0 Å². The fourth-order valence-corrected chi connectivity index (χ4v) is 1.30. The Morgan fingerprint density at radius 1 is 1.56 bits per heavy atom. The predicted molar refractivity (Wildman–Crippen MR) is 62.0 cm³/mol. The number of urea groups is 1. The molecule has 8 nitrogen and oxygen atoms in total. The summed E-state index contributed by atoms with van der Waals surface area (Å²) in [6.45, 7) is -0.316. The maximum atomic E-state index is 11.3. The highest BCUT2D eigenvalue weighted by molar-refractivity contribution is 5.82. The van der Waals surface area contributed by atoms with Gasteiger partial charge in [-0.1, -0.05) is 0 Å². The molecule has 18 heavy (non-hydrogen) atoms. The number of hydrogen-bond donors (Lipinski definition) is 4. The molecule has 1 aromatic heterocycles. The number of aliphatic hydroxyl groups is 1. The van der Waals surface area contributed by atoms with Crippen molar-refractivity contribution in [2.45, 2.75) is 12.5 Å². The molecule has 0 saturated heterocycles. The fraction of sp³-hybridized carbons (Fsp3) is 0.500. The van der Waals surface area contributed by atoms with E-state index in [9.17, 15) is 9.59 Å². The van der Waals surface area contributed by atoms with Gasteiger partial charge in [-0.3, -0.25) is 4.68 Å². The third-order valence-electron chi connectivity index (χ3n) is 2.22.